The molecule has 1 aromatic carbocycles. The van der Waals surface area contributed by atoms with E-state index in [9.17, 15) is 9.18 Å². The Balaban J connectivity index is 1.49. The van der Waals surface area contributed by atoms with Gasteiger partial charge in [-0.05, 0) is 60.9 Å². The van der Waals surface area contributed by atoms with Crippen molar-refractivity contribution in [1.82, 2.24) is 15.2 Å². The van der Waals surface area contributed by atoms with Crippen LogP contribution >= 0.6 is 0 Å². The number of aromatic nitrogens is 1. The first-order chi connectivity index (χ1) is 13.2. The van der Waals surface area contributed by atoms with Crippen LogP contribution < -0.4 is 5.32 Å². The van der Waals surface area contributed by atoms with Crippen LogP contribution in [0.2, 0.25) is 0 Å². The van der Waals surface area contributed by atoms with Gasteiger partial charge in [-0.1, -0.05) is 12.1 Å². The number of carbonyl (C=O) groups is 1. The molecule has 1 aliphatic carbocycles. The van der Waals surface area contributed by atoms with Gasteiger partial charge in [0.1, 0.15) is 5.82 Å². The van der Waals surface area contributed by atoms with Gasteiger partial charge in [0.15, 0.2) is 0 Å². The summed E-state index contributed by atoms with van der Waals surface area (Å²) in [5, 5.41) is 3.43. The maximum Gasteiger partial charge on any atom is 0.255 e. The van der Waals surface area contributed by atoms with E-state index in [0.29, 0.717) is 17.4 Å². The zero-order valence-corrected chi connectivity index (χ0v) is 15.3. The first-order valence-corrected chi connectivity index (χ1v) is 9.95. The van der Waals surface area contributed by atoms with Gasteiger partial charge < -0.3 is 10.2 Å². The van der Waals surface area contributed by atoms with Crippen LogP contribution in [0.15, 0.2) is 36.5 Å². The van der Waals surface area contributed by atoms with Gasteiger partial charge >= 0.3 is 0 Å². The van der Waals surface area contributed by atoms with Crippen LogP contribution in [0.1, 0.15) is 46.1 Å². The van der Waals surface area contributed by atoms with Crippen molar-refractivity contribution in [3.05, 3.63) is 64.7 Å². The van der Waals surface area contributed by atoms with E-state index in [2.05, 4.69) is 10.3 Å². The van der Waals surface area contributed by atoms with E-state index in [1.807, 2.05) is 17.0 Å². The van der Waals surface area contributed by atoms with Gasteiger partial charge in [-0.25, -0.2) is 4.39 Å². The van der Waals surface area contributed by atoms with Gasteiger partial charge in [0, 0.05) is 37.4 Å². The van der Waals surface area contributed by atoms with Crippen LogP contribution in [-0.4, -0.2) is 35.4 Å². The van der Waals surface area contributed by atoms with Gasteiger partial charge in [-0.2, -0.15) is 0 Å². The monoisotopic (exact) mass is 365 g/mol. The highest BCUT2D eigenvalue weighted by atomic mass is 19.1. The maximum absolute atomic E-state index is 13.9. The number of fused-ring (bicyclic) bond motifs is 2. The van der Waals surface area contributed by atoms with Crippen LogP contribution in [0.3, 0.4) is 0 Å². The van der Waals surface area contributed by atoms with E-state index < -0.39 is 0 Å². The minimum Gasteiger partial charge on any atom is -0.331 e. The number of hydrogen-bond donors (Lipinski definition) is 1. The molecular weight excluding hydrogens is 341 g/mol. The molecule has 1 aromatic heterocycles. The van der Waals surface area contributed by atoms with Crippen molar-refractivity contribution in [1.29, 1.82) is 0 Å². The quantitative estimate of drug-likeness (QED) is 0.889. The fraction of sp³-hybridized carbons (Fsp3) is 0.455. The fourth-order valence-corrected chi connectivity index (χ4v) is 5.12. The van der Waals surface area contributed by atoms with E-state index in [0.717, 1.165) is 50.2 Å². The third-order valence-corrected chi connectivity index (χ3v) is 6.43. The highest BCUT2D eigenvalue weighted by Gasteiger charge is 2.47. The first kappa shape index (κ1) is 16.9. The van der Waals surface area contributed by atoms with E-state index in [4.69, 9.17) is 0 Å². The van der Waals surface area contributed by atoms with Crippen molar-refractivity contribution in [2.75, 3.05) is 19.6 Å². The molecule has 4 nitrogen and oxygen atoms in total. The Bertz CT molecular complexity index is 884. The van der Waals surface area contributed by atoms with Crippen molar-refractivity contribution >= 4 is 5.91 Å². The molecule has 0 saturated carbocycles. The second-order valence-corrected chi connectivity index (χ2v) is 8.08. The molecule has 0 radical (unpaired) electrons. The second kappa shape index (κ2) is 6.71. The zero-order chi connectivity index (χ0) is 18.4. The average molecular weight is 365 g/mol. The Morgan fingerprint density at radius 3 is 2.96 bits per heavy atom. The summed E-state index contributed by atoms with van der Waals surface area (Å²) in [4.78, 5) is 19.9. The molecule has 140 valence electrons. The Morgan fingerprint density at radius 2 is 2.07 bits per heavy atom. The number of likely N-dealkylation sites (tertiary alicyclic amines) is 1. The van der Waals surface area contributed by atoms with E-state index in [-0.39, 0.29) is 17.8 Å². The molecule has 0 unspecified atom stereocenters. The summed E-state index contributed by atoms with van der Waals surface area (Å²) < 4.78 is 13.9. The number of hydrogen-bond acceptors (Lipinski definition) is 3. The van der Waals surface area contributed by atoms with Crippen LogP contribution in [-0.2, 0) is 12.8 Å². The van der Waals surface area contributed by atoms with Gasteiger partial charge in [0.2, 0.25) is 0 Å². The lowest BCUT2D eigenvalue weighted by Crippen LogP contribution is -2.35. The Hall–Kier alpha value is -2.27. The standard InChI is InChI=1S/C22H24FN3O/c23-18-6-3-5-15(9-18)21-19-12-24-10-17(19)13-26(21)22(27)16-8-14-4-1-2-7-20(14)25-11-16/h3,5-6,8-9,11,17,19,21,24H,1-2,4,7,10,12-13H2/t17-,19-,21-/m0/s1. The molecular formula is C22H24FN3O. The number of halogens is 1. The van der Waals surface area contributed by atoms with E-state index in [1.165, 1.54) is 18.1 Å². The number of carbonyl (C=O) groups excluding carboxylic acids is 1. The maximum atomic E-state index is 13.9. The molecule has 2 saturated heterocycles. The third-order valence-electron chi connectivity index (χ3n) is 6.43. The van der Waals surface area contributed by atoms with Crippen LogP contribution in [0, 0.1) is 17.7 Å². The third kappa shape index (κ3) is 2.94. The molecule has 0 bridgehead atoms. The summed E-state index contributed by atoms with van der Waals surface area (Å²) in [5.74, 6) is 0.540. The lowest BCUT2D eigenvalue weighted by molar-refractivity contribution is 0.0713. The Kier molecular flexibility index (Phi) is 4.20. The summed E-state index contributed by atoms with van der Waals surface area (Å²) in [6, 6.07) is 8.69. The number of rotatable bonds is 2. The number of nitrogens with one attached hydrogen (secondary N) is 1. The SMILES string of the molecule is O=C(c1cnc2c(c1)CCCC2)N1C[C@@H]2CNC[C@@H]2[C@@H]1c1cccc(F)c1. The number of aryl methyl sites for hydroxylation is 2. The Labute approximate surface area is 158 Å². The number of pyridine rings is 1. The topological polar surface area (TPSA) is 45.2 Å². The van der Waals surface area contributed by atoms with Crippen molar-refractivity contribution in [3.8, 4) is 0 Å². The second-order valence-electron chi connectivity index (χ2n) is 8.08. The molecule has 1 amide bonds. The summed E-state index contributed by atoms with van der Waals surface area (Å²) in [6.45, 7) is 2.51. The van der Waals surface area contributed by atoms with Gasteiger partial charge in [0.05, 0.1) is 11.6 Å². The number of nitrogens with zero attached hydrogens (tertiary/aromatic N) is 2. The molecule has 2 aromatic rings. The van der Waals surface area contributed by atoms with Crippen molar-refractivity contribution in [3.63, 3.8) is 0 Å². The molecule has 3 aliphatic rings. The molecule has 2 fully saturated rings. The van der Waals surface area contributed by atoms with Crippen molar-refractivity contribution < 1.29 is 9.18 Å². The normalized spacial score (nSPS) is 26.7. The molecule has 3 atom stereocenters. The van der Waals surface area contributed by atoms with Crippen LogP contribution in [0.5, 0.6) is 0 Å². The zero-order valence-electron chi connectivity index (χ0n) is 15.3. The van der Waals surface area contributed by atoms with E-state index in [1.54, 1.807) is 18.3 Å². The molecule has 1 N–H and O–H groups in total. The lowest BCUT2D eigenvalue weighted by atomic mass is 9.89. The van der Waals surface area contributed by atoms with Crippen LogP contribution in [0.4, 0.5) is 4.39 Å². The first-order valence-electron chi connectivity index (χ1n) is 9.95. The largest absolute Gasteiger partial charge is 0.331 e. The summed E-state index contributed by atoms with van der Waals surface area (Å²) in [6.07, 6.45) is 6.10. The molecule has 5 rings (SSSR count). The summed E-state index contributed by atoms with van der Waals surface area (Å²) >= 11 is 0. The van der Waals surface area contributed by atoms with Crippen LogP contribution in [0.25, 0.3) is 0 Å². The summed E-state index contributed by atoms with van der Waals surface area (Å²) in [7, 11) is 0. The number of amides is 1. The van der Waals surface area contributed by atoms with Gasteiger partial charge in [-0.15, -0.1) is 0 Å². The summed E-state index contributed by atoms with van der Waals surface area (Å²) in [5.41, 5.74) is 3.92. The minimum atomic E-state index is -0.246. The predicted molar refractivity (Wildman–Crippen MR) is 101 cm³/mol. The highest BCUT2D eigenvalue weighted by Crippen LogP contribution is 2.43. The van der Waals surface area contributed by atoms with Crippen molar-refractivity contribution in [2.24, 2.45) is 11.8 Å². The number of benzene rings is 1. The molecule has 2 aliphatic heterocycles. The predicted octanol–water partition coefficient (Wildman–Crippen LogP) is 3.13. The van der Waals surface area contributed by atoms with Gasteiger partial charge in [0.25, 0.3) is 5.91 Å². The molecule has 0 spiro atoms. The van der Waals surface area contributed by atoms with Crippen molar-refractivity contribution in [2.45, 2.75) is 31.7 Å². The molecule has 5 heteroatoms. The fourth-order valence-electron chi connectivity index (χ4n) is 5.12. The lowest BCUT2D eigenvalue weighted by Gasteiger charge is -2.29. The van der Waals surface area contributed by atoms with Gasteiger partial charge in [-0.3, -0.25) is 9.78 Å². The Morgan fingerprint density at radius 1 is 1.19 bits per heavy atom. The molecule has 27 heavy (non-hydrogen) atoms. The average Bonchev–Trinajstić information content (AvgIpc) is 3.28. The highest BCUT2D eigenvalue weighted by molar-refractivity contribution is 5.94. The minimum absolute atomic E-state index is 0.0273. The smallest absolute Gasteiger partial charge is 0.255 e. The molecule has 3 heterocycles. The van der Waals surface area contributed by atoms with E-state index >= 15 is 0 Å².